The molecule has 4 aromatic rings. The van der Waals surface area contributed by atoms with E-state index in [0.29, 0.717) is 11.3 Å². The summed E-state index contributed by atoms with van der Waals surface area (Å²) in [4.78, 5) is 19.9. The highest BCUT2D eigenvalue weighted by Crippen LogP contribution is 2.25. The van der Waals surface area contributed by atoms with E-state index in [1.54, 1.807) is 6.20 Å². The Morgan fingerprint density at radius 3 is 2.87 bits per heavy atom. The third kappa shape index (κ3) is 2.34. The third-order valence-corrected chi connectivity index (χ3v) is 3.53. The first-order chi connectivity index (χ1) is 11.2. The van der Waals surface area contributed by atoms with Crippen molar-refractivity contribution in [3.63, 3.8) is 0 Å². The number of fused-ring (bicyclic) bond motifs is 2. The number of H-pyrrole nitrogens is 1. The van der Waals surface area contributed by atoms with E-state index in [1.807, 2.05) is 42.5 Å². The highest BCUT2D eigenvalue weighted by atomic mass is 16.1. The molecule has 0 unspecified atom stereocenters. The predicted octanol–water partition coefficient (Wildman–Crippen LogP) is 2.35. The second kappa shape index (κ2) is 5.06. The number of anilines is 2. The molecule has 7 nitrogen and oxygen atoms in total. The molecular formula is C16H12N6O. The number of hydrogen-bond acceptors (Lipinski definition) is 5. The number of hydrogen-bond donors (Lipinski definition) is 3. The number of carbonyl (C=O) groups is 1. The first-order valence-electron chi connectivity index (χ1n) is 6.97. The number of aromatic amines is 1. The number of benzene rings is 2. The van der Waals surface area contributed by atoms with E-state index in [1.165, 1.54) is 0 Å². The zero-order valence-corrected chi connectivity index (χ0v) is 11.9. The van der Waals surface area contributed by atoms with Gasteiger partial charge in [-0.2, -0.15) is 5.10 Å². The fraction of sp³-hybridized carbons (Fsp3) is 0. The van der Waals surface area contributed by atoms with Crippen LogP contribution in [0.5, 0.6) is 0 Å². The summed E-state index contributed by atoms with van der Waals surface area (Å²) in [7, 11) is 0. The number of para-hydroxylation sites is 1. The molecular weight excluding hydrogens is 292 g/mol. The number of carbonyl (C=O) groups excluding carboxylic acids is 1. The van der Waals surface area contributed by atoms with E-state index < -0.39 is 5.91 Å². The van der Waals surface area contributed by atoms with E-state index in [-0.39, 0.29) is 5.82 Å². The molecule has 2 aromatic carbocycles. The smallest absolute Gasteiger partial charge is 0.286 e. The van der Waals surface area contributed by atoms with Crippen molar-refractivity contribution < 1.29 is 4.79 Å². The van der Waals surface area contributed by atoms with Gasteiger partial charge in [0.2, 0.25) is 5.82 Å². The standard InChI is InChI=1S/C16H12N6O/c17-14(23)16-20-13-4-2-1-3-11(13)15(21-16)19-10-5-6-12-9(7-10)8-18-22-12/h1-8H,(H2,17,23)(H,18,22)(H,19,20,21). The van der Waals surface area contributed by atoms with Gasteiger partial charge in [0.25, 0.3) is 5.91 Å². The lowest BCUT2D eigenvalue weighted by atomic mass is 10.2. The largest absolute Gasteiger partial charge is 0.363 e. The van der Waals surface area contributed by atoms with E-state index in [4.69, 9.17) is 5.73 Å². The number of rotatable bonds is 3. The summed E-state index contributed by atoms with van der Waals surface area (Å²) in [6.07, 6.45) is 1.74. The predicted molar refractivity (Wildman–Crippen MR) is 87.4 cm³/mol. The highest BCUT2D eigenvalue weighted by molar-refractivity contribution is 5.97. The van der Waals surface area contributed by atoms with Crippen LogP contribution in [0.15, 0.2) is 48.7 Å². The molecule has 2 heterocycles. The molecule has 0 aliphatic rings. The minimum Gasteiger partial charge on any atom is -0.363 e. The minimum atomic E-state index is -0.663. The molecule has 23 heavy (non-hydrogen) atoms. The Hall–Kier alpha value is -3.48. The lowest BCUT2D eigenvalue weighted by Gasteiger charge is -2.10. The monoisotopic (exact) mass is 304 g/mol. The van der Waals surface area contributed by atoms with Gasteiger partial charge in [-0.25, -0.2) is 9.97 Å². The van der Waals surface area contributed by atoms with Crippen molar-refractivity contribution in [1.29, 1.82) is 0 Å². The molecule has 4 rings (SSSR count). The molecule has 112 valence electrons. The van der Waals surface area contributed by atoms with Crippen molar-refractivity contribution in [1.82, 2.24) is 20.2 Å². The summed E-state index contributed by atoms with van der Waals surface area (Å²) >= 11 is 0. The summed E-state index contributed by atoms with van der Waals surface area (Å²) in [6.45, 7) is 0. The van der Waals surface area contributed by atoms with Crippen molar-refractivity contribution in [2.75, 3.05) is 5.32 Å². The number of aromatic nitrogens is 4. The first-order valence-corrected chi connectivity index (χ1v) is 6.97. The van der Waals surface area contributed by atoms with Gasteiger partial charge in [0.05, 0.1) is 17.2 Å². The number of primary amides is 1. The molecule has 0 aliphatic carbocycles. The second-order valence-electron chi connectivity index (χ2n) is 5.07. The lowest BCUT2D eigenvalue weighted by molar-refractivity contribution is 0.0991. The normalized spacial score (nSPS) is 11.0. The fourth-order valence-corrected chi connectivity index (χ4v) is 2.44. The van der Waals surface area contributed by atoms with E-state index in [9.17, 15) is 4.79 Å². The lowest BCUT2D eigenvalue weighted by Crippen LogP contribution is -2.16. The molecule has 0 saturated carbocycles. The summed E-state index contributed by atoms with van der Waals surface area (Å²) in [5.74, 6) is -0.146. The highest BCUT2D eigenvalue weighted by Gasteiger charge is 2.11. The first kappa shape index (κ1) is 13.2. The molecule has 0 aliphatic heterocycles. The maximum absolute atomic E-state index is 11.4. The Morgan fingerprint density at radius 1 is 1.13 bits per heavy atom. The summed E-state index contributed by atoms with van der Waals surface area (Å²) < 4.78 is 0. The Bertz CT molecular complexity index is 1040. The summed E-state index contributed by atoms with van der Waals surface area (Å²) in [5, 5.41) is 11.9. The van der Waals surface area contributed by atoms with E-state index in [2.05, 4.69) is 25.5 Å². The van der Waals surface area contributed by atoms with Crippen LogP contribution in [0.25, 0.3) is 21.8 Å². The molecule has 0 bridgehead atoms. The van der Waals surface area contributed by atoms with Crippen LogP contribution in [0.1, 0.15) is 10.6 Å². The van der Waals surface area contributed by atoms with Crippen LogP contribution in [0.2, 0.25) is 0 Å². The number of amides is 1. The van der Waals surface area contributed by atoms with Crippen LogP contribution in [-0.2, 0) is 0 Å². The molecule has 0 atom stereocenters. The van der Waals surface area contributed by atoms with E-state index in [0.717, 1.165) is 22.0 Å². The zero-order valence-electron chi connectivity index (χ0n) is 11.9. The Labute approximate surface area is 130 Å². The maximum Gasteiger partial charge on any atom is 0.286 e. The van der Waals surface area contributed by atoms with Crippen LogP contribution < -0.4 is 11.1 Å². The van der Waals surface area contributed by atoms with Gasteiger partial charge in [0.1, 0.15) is 5.82 Å². The molecule has 2 aromatic heterocycles. The average Bonchev–Trinajstić information content (AvgIpc) is 3.02. The van der Waals surface area contributed by atoms with E-state index >= 15 is 0 Å². The van der Waals surface area contributed by atoms with Gasteiger partial charge in [-0.05, 0) is 30.3 Å². The average molecular weight is 304 g/mol. The van der Waals surface area contributed by atoms with Gasteiger partial charge in [0, 0.05) is 16.5 Å². The van der Waals surface area contributed by atoms with Crippen LogP contribution in [0.3, 0.4) is 0 Å². The van der Waals surface area contributed by atoms with Gasteiger partial charge in [0.15, 0.2) is 0 Å². The van der Waals surface area contributed by atoms with Crippen molar-refractivity contribution in [2.24, 2.45) is 5.73 Å². The third-order valence-electron chi connectivity index (χ3n) is 3.53. The van der Waals surface area contributed by atoms with Crippen molar-refractivity contribution >= 4 is 39.2 Å². The molecule has 1 amide bonds. The topological polar surface area (TPSA) is 110 Å². The Morgan fingerprint density at radius 2 is 2.00 bits per heavy atom. The molecule has 4 N–H and O–H groups in total. The van der Waals surface area contributed by atoms with Gasteiger partial charge < -0.3 is 11.1 Å². The van der Waals surface area contributed by atoms with Crippen molar-refractivity contribution in [3.8, 4) is 0 Å². The Kier molecular flexibility index (Phi) is 2.90. The molecule has 0 fully saturated rings. The van der Waals surface area contributed by atoms with Crippen LogP contribution >= 0.6 is 0 Å². The van der Waals surface area contributed by atoms with Gasteiger partial charge in [-0.15, -0.1) is 0 Å². The summed E-state index contributed by atoms with van der Waals surface area (Å²) in [6, 6.07) is 13.2. The van der Waals surface area contributed by atoms with Gasteiger partial charge in [-0.1, -0.05) is 12.1 Å². The van der Waals surface area contributed by atoms with Crippen LogP contribution in [0, 0.1) is 0 Å². The molecule has 0 spiro atoms. The molecule has 0 radical (unpaired) electrons. The zero-order chi connectivity index (χ0) is 15.8. The number of nitrogens with zero attached hydrogens (tertiary/aromatic N) is 3. The van der Waals surface area contributed by atoms with Crippen molar-refractivity contribution in [3.05, 3.63) is 54.5 Å². The van der Waals surface area contributed by atoms with Crippen molar-refractivity contribution in [2.45, 2.75) is 0 Å². The van der Waals surface area contributed by atoms with Crippen LogP contribution in [-0.4, -0.2) is 26.1 Å². The molecule has 7 heteroatoms. The van der Waals surface area contributed by atoms with Gasteiger partial charge >= 0.3 is 0 Å². The number of nitrogens with two attached hydrogens (primary N) is 1. The molecule has 0 saturated heterocycles. The van der Waals surface area contributed by atoms with Crippen LogP contribution in [0.4, 0.5) is 11.5 Å². The second-order valence-corrected chi connectivity index (χ2v) is 5.07. The minimum absolute atomic E-state index is 0.0180. The SMILES string of the molecule is NC(=O)c1nc(Nc2ccc3[nH]ncc3c2)c2ccccc2n1. The maximum atomic E-state index is 11.4. The van der Waals surface area contributed by atoms with Gasteiger partial charge in [-0.3, -0.25) is 9.89 Å². The summed E-state index contributed by atoms with van der Waals surface area (Å²) in [5.41, 5.74) is 7.76. The Balaban J connectivity index is 1.84. The fourth-order valence-electron chi connectivity index (χ4n) is 2.44. The quantitative estimate of drug-likeness (QED) is 0.538. The number of nitrogens with one attached hydrogen (secondary N) is 2.